The minimum absolute atomic E-state index is 0. The van der Waals surface area contributed by atoms with Gasteiger partial charge in [0.15, 0.2) is 0 Å². The van der Waals surface area contributed by atoms with Gasteiger partial charge in [0.25, 0.3) is 0 Å². The fraction of sp³-hybridized carbons (Fsp3) is 0.200. The zero-order valence-corrected chi connectivity index (χ0v) is 23.6. The van der Waals surface area contributed by atoms with Crippen LogP contribution >= 0.6 is 0 Å². The molecule has 0 unspecified atom stereocenters. The maximum absolute atomic E-state index is 4.08. The molecule has 0 spiro atoms. The smallest absolute Gasteiger partial charge is 0.796 e. The Bertz CT molecular complexity index is 329. The summed E-state index contributed by atoms with van der Waals surface area (Å²) in [6.45, 7) is 0. The third-order valence-corrected chi connectivity index (χ3v) is 1.98. The van der Waals surface area contributed by atoms with Crippen molar-refractivity contribution in [1.82, 2.24) is 0 Å². The second kappa shape index (κ2) is 20.8. The Balaban J connectivity index is -0.000000392. The fourth-order valence-corrected chi connectivity index (χ4v) is 1.31. The van der Waals surface area contributed by atoms with E-state index in [1.807, 2.05) is 24.3 Å². The summed E-state index contributed by atoms with van der Waals surface area (Å²) >= 11 is 8.17. The zero-order chi connectivity index (χ0) is 12.9. The predicted molar refractivity (Wildman–Crippen MR) is 79.9 cm³/mol. The average Bonchev–Trinajstić information content (AvgIpc) is 2.45. The van der Waals surface area contributed by atoms with E-state index in [0.717, 1.165) is 6.42 Å². The van der Waals surface area contributed by atoms with Crippen LogP contribution in [0.15, 0.2) is 48.5 Å². The minimum atomic E-state index is 0. The molecular formula is C15H16Rb2S2-2. The maximum Gasteiger partial charge on any atom is 1.00 e. The van der Waals surface area contributed by atoms with E-state index in [0.29, 0.717) is 0 Å². The first-order valence-corrected chi connectivity index (χ1v) is 6.80. The van der Waals surface area contributed by atoms with Crippen molar-refractivity contribution in [2.45, 2.75) is 6.42 Å². The second-order valence-electron chi connectivity index (χ2n) is 2.99. The standard InChI is InChI=1S/C13H10.2CH4S.2Rb/c1-3-7-12(8-4-1)11-13-9-5-2-6-10-13;2*1-2;;/h3-10H,11H2;2*2H,1H3;;/q-2;;;2*+1/p-2. The van der Waals surface area contributed by atoms with E-state index in [2.05, 4.69) is 61.7 Å². The summed E-state index contributed by atoms with van der Waals surface area (Å²) in [5.74, 6) is 0. The monoisotopic (exact) mass is 430 g/mol. The van der Waals surface area contributed by atoms with Gasteiger partial charge in [-0.2, -0.15) is 84.3 Å². The van der Waals surface area contributed by atoms with Crippen LogP contribution in [-0.4, -0.2) is 12.5 Å². The van der Waals surface area contributed by atoms with Gasteiger partial charge in [0.05, 0.1) is 0 Å². The largest absolute Gasteiger partial charge is 1.00 e. The molecular weight excluding hydrogens is 415 g/mol. The van der Waals surface area contributed by atoms with E-state index in [1.54, 1.807) is 12.5 Å². The summed E-state index contributed by atoms with van der Waals surface area (Å²) in [5.41, 5.74) is 2.65. The molecule has 0 bridgehead atoms. The predicted octanol–water partition coefficient (Wildman–Crippen LogP) is -2.79. The van der Waals surface area contributed by atoms with Crippen LogP contribution in [0.3, 0.4) is 0 Å². The first kappa shape index (κ1) is 26.6. The molecule has 0 atom stereocenters. The molecule has 0 aliphatic heterocycles. The van der Waals surface area contributed by atoms with Crippen LogP contribution < -0.4 is 116 Å². The summed E-state index contributed by atoms with van der Waals surface area (Å²) in [6, 6.07) is 22.2. The van der Waals surface area contributed by atoms with Crippen molar-refractivity contribution in [3.8, 4) is 0 Å². The molecule has 0 nitrogen and oxygen atoms in total. The van der Waals surface area contributed by atoms with E-state index in [-0.39, 0.29) is 116 Å². The van der Waals surface area contributed by atoms with Gasteiger partial charge in [0.2, 0.25) is 0 Å². The van der Waals surface area contributed by atoms with Crippen LogP contribution in [0, 0.1) is 12.1 Å². The molecule has 0 fully saturated rings. The van der Waals surface area contributed by atoms with Crippen molar-refractivity contribution < 1.29 is 116 Å². The number of hydrogen-bond acceptors (Lipinski definition) is 2. The molecule has 19 heavy (non-hydrogen) atoms. The van der Waals surface area contributed by atoms with Gasteiger partial charge in [-0.15, -0.1) is 0 Å². The second-order valence-corrected chi connectivity index (χ2v) is 2.99. The normalized spacial score (nSPS) is 7.37. The Morgan fingerprint density at radius 3 is 1.21 bits per heavy atom. The summed E-state index contributed by atoms with van der Waals surface area (Å²) < 4.78 is 0. The fourth-order valence-electron chi connectivity index (χ4n) is 1.31. The quantitative estimate of drug-likeness (QED) is 0.373. The SMILES string of the molecule is C[S-].C[S-].[Rb+].[Rb+].[c-]1ccc(Cc2cc[c-]cc2)cc1. The van der Waals surface area contributed by atoms with Gasteiger partial charge in [0, 0.05) is 0 Å². The van der Waals surface area contributed by atoms with Crippen molar-refractivity contribution in [3.05, 3.63) is 71.8 Å². The third-order valence-electron chi connectivity index (χ3n) is 1.98. The van der Waals surface area contributed by atoms with Crippen LogP contribution in [-0.2, 0) is 31.7 Å². The van der Waals surface area contributed by atoms with Crippen molar-refractivity contribution in [2.75, 3.05) is 12.5 Å². The zero-order valence-electron chi connectivity index (χ0n) is 12.1. The summed E-state index contributed by atoms with van der Waals surface area (Å²) in [5, 5.41) is 0. The van der Waals surface area contributed by atoms with Gasteiger partial charge in [-0.25, -0.2) is 0 Å². The summed E-state index contributed by atoms with van der Waals surface area (Å²) in [4.78, 5) is 0. The Kier molecular flexibility index (Phi) is 29.1. The minimum Gasteiger partial charge on any atom is -0.796 e. The van der Waals surface area contributed by atoms with E-state index in [9.17, 15) is 0 Å². The van der Waals surface area contributed by atoms with E-state index in [4.69, 9.17) is 0 Å². The number of rotatable bonds is 2. The maximum atomic E-state index is 4.08. The molecule has 0 aliphatic carbocycles. The van der Waals surface area contributed by atoms with Gasteiger partial charge in [-0.1, -0.05) is 0 Å². The van der Waals surface area contributed by atoms with Crippen LogP contribution in [0.2, 0.25) is 0 Å². The molecule has 0 radical (unpaired) electrons. The molecule has 0 N–H and O–H groups in total. The third kappa shape index (κ3) is 14.1. The van der Waals surface area contributed by atoms with Crippen molar-refractivity contribution in [2.24, 2.45) is 0 Å². The van der Waals surface area contributed by atoms with Gasteiger partial charge < -0.3 is 25.3 Å². The van der Waals surface area contributed by atoms with Crippen molar-refractivity contribution >= 4 is 25.3 Å². The van der Waals surface area contributed by atoms with Gasteiger partial charge in [-0.3, -0.25) is 0 Å². The molecule has 0 saturated carbocycles. The van der Waals surface area contributed by atoms with Crippen LogP contribution in [0.1, 0.15) is 11.1 Å². The summed E-state index contributed by atoms with van der Waals surface area (Å²) in [6.07, 6.45) is 4.16. The van der Waals surface area contributed by atoms with E-state index >= 15 is 0 Å². The average molecular weight is 431 g/mol. The molecule has 0 aliphatic rings. The molecule has 92 valence electrons. The van der Waals surface area contributed by atoms with Gasteiger partial charge in [0.1, 0.15) is 0 Å². The Hall–Kier alpha value is 2.75. The van der Waals surface area contributed by atoms with Crippen LogP contribution in [0.5, 0.6) is 0 Å². The van der Waals surface area contributed by atoms with Gasteiger partial charge in [-0.05, 0) is 6.42 Å². The number of benzene rings is 2. The molecule has 0 amide bonds. The van der Waals surface area contributed by atoms with Crippen molar-refractivity contribution in [3.63, 3.8) is 0 Å². The Morgan fingerprint density at radius 1 is 0.684 bits per heavy atom. The summed E-state index contributed by atoms with van der Waals surface area (Å²) in [7, 11) is 0. The van der Waals surface area contributed by atoms with Gasteiger partial charge >= 0.3 is 116 Å². The molecule has 2 aromatic carbocycles. The molecule has 0 heterocycles. The Morgan fingerprint density at radius 2 is 0.947 bits per heavy atom. The molecule has 4 heteroatoms. The molecule has 0 aromatic heterocycles. The van der Waals surface area contributed by atoms with E-state index in [1.165, 1.54) is 11.1 Å². The molecule has 2 aromatic rings. The Labute approximate surface area is 226 Å². The van der Waals surface area contributed by atoms with Crippen LogP contribution in [0.25, 0.3) is 0 Å². The first-order chi connectivity index (χ1) is 8.45. The topological polar surface area (TPSA) is 0 Å². The number of hydrogen-bond donors (Lipinski definition) is 0. The molecule has 2 rings (SSSR count). The van der Waals surface area contributed by atoms with Crippen LogP contribution in [0.4, 0.5) is 0 Å². The van der Waals surface area contributed by atoms with Crippen molar-refractivity contribution in [1.29, 1.82) is 0 Å². The first-order valence-electron chi connectivity index (χ1n) is 5.17. The molecule has 0 saturated heterocycles. The van der Waals surface area contributed by atoms with E-state index < -0.39 is 0 Å².